The zero-order valence-electron chi connectivity index (χ0n) is 10.3. The Kier molecular flexibility index (Phi) is 2.67. The maximum Gasteiger partial charge on any atom is 0.193 e. The van der Waals surface area contributed by atoms with E-state index in [-0.39, 0.29) is 11.2 Å². The number of rotatable bonds is 1. The van der Waals surface area contributed by atoms with Gasteiger partial charge in [-0.3, -0.25) is 4.79 Å². The molecule has 0 spiro atoms. The van der Waals surface area contributed by atoms with Crippen LogP contribution in [0.15, 0.2) is 57.7 Å². The van der Waals surface area contributed by atoms with Crippen molar-refractivity contribution >= 4 is 11.0 Å². The first kappa shape index (κ1) is 11.7. The number of halogens is 1. The molecule has 0 amide bonds. The average molecular weight is 254 g/mol. The molecule has 3 rings (SSSR count). The summed E-state index contributed by atoms with van der Waals surface area (Å²) in [5, 5.41) is 0.552. The van der Waals surface area contributed by atoms with Crippen LogP contribution in [-0.2, 0) is 0 Å². The van der Waals surface area contributed by atoms with Gasteiger partial charge in [-0.25, -0.2) is 4.39 Å². The molecule has 0 saturated heterocycles. The smallest absolute Gasteiger partial charge is 0.193 e. The fourth-order valence-corrected chi connectivity index (χ4v) is 2.02. The van der Waals surface area contributed by atoms with Crippen molar-refractivity contribution in [2.24, 2.45) is 0 Å². The molecule has 1 aromatic heterocycles. The van der Waals surface area contributed by atoms with E-state index in [1.807, 2.05) is 19.1 Å². The topological polar surface area (TPSA) is 30.2 Å². The van der Waals surface area contributed by atoms with E-state index in [0.717, 1.165) is 5.56 Å². The first-order valence-corrected chi connectivity index (χ1v) is 5.94. The maximum atomic E-state index is 12.9. The summed E-state index contributed by atoms with van der Waals surface area (Å²) in [5.74, 6) is 0.130. The second-order valence-electron chi connectivity index (χ2n) is 4.48. The van der Waals surface area contributed by atoms with Crippen LogP contribution in [0.4, 0.5) is 4.39 Å². The molecular weight excluding hydrogens is 243 g/mol. The third-order valence-corrected chi connectivity index (χ3v) is 3.01. The lowest BCUT2D eigenvalue weighted by atomic mass is 10.1. The van der Waals surface area contributed by atoms with Crippen LogP contribution in [0.5, 0.6) is 0 Å². The lowest BCUT2D eigenvalue weighted by Crippen LogP contribution is -2.00. The number of hydrogen-bond acceptors (Lipinski definition) is 2. The Hall–Kier alpha value is -2.42. The molecule has 0 bridgehead atoms. The molecule has 0 saturated carbocycles. The lowest BCUT2D eigenvalue weighted by molar-refractivity contribution is 0.615. The minimum atomic E-state index is -0.317. The van der Waals surface area contributed by atoms with Gasteiger partial charge in [-0.05, 0) is 48.9 Å². The lowest BCUT2D eigenvalue weighted by Gasteiger charge is -2.03. The summed E-state index contributed by atoms with van der Waals surface area (Å²) in [6.45, 7) is 1.93. The molecular formula is C16H11FO2. The van der Waals surface area contributed by atoms with Gasteiger partial charge in [0, 0.05) is 11.6 Å². The molecule has 2 nitrogen and oxygen atoms in total. The molecule has 3 heteroatoms. The summed E-state index contributed by atoms with van der Waals surface area (Å²) in [6, 6.07) is 12.8. The monoisotopic (exact) mass is 254 g/mol. The summed E-state index contributed by atoms with van der Waals surface area (Å²) in [7, 11) is 0. The quantitative estimate of drug-likeness (QED) is 0.659. The van der Waals surface area contributed by atoms with Gasteiger partial charge in [-0.2, -0.15) is 0 Å². The van der Waals surface area contributed by atoms with Crippen LogP contribution in [0.25, 0.3) is 22.3 Å². The molecule has 0 aliphatic carbocycles. The predicted octanol–water partition coefficient (Wildman–Crippen LogP) is 3.91. The highest BCUT2D eigenvalue weighted by Crippen LogP contribution is 2.22. The molecule has 0 radical (unpaired) electrons. The van der Waals surface area contributed by atoms with Gasteiger partial charge in [-0.1, -0.05) is 6.07 Å². The Morgan fingerprint density at radius 2 is 1.74 bits per heavy atom. The zero-order valence-corrected chi connectivity index (χ0v) is 10.3. The highest BCUT2D eigenvalue weighted by Gasteiger charge is 2.07. The van der Waals surface area contributed by atoms with Gasteiger partial charge in [0.2, 0.25) is 0 Å². The van der Waals surface area contributed by atoms with E-state index in [0.29, 0.717) is 22.3 Å². The molecule has 0 atom stereocenters. The van der Waals surface area contributed by atoms with Crippen LogP contribution < -0.4 is 5.43 Å². The Morgan fingerprint density at radius 3 is 2.47 bits per heavy atom. The Labute approximate surface area is 109 Å². The van der Waals surface area contributed by atoms with E-state index in [9.17, 15) is 9.18 Å². The van der Waals surface area contributed by atoms with Gasteiger partial charge in [0.05, 0.1) is 5.39 Å². The number of benzene rings is 2. The predicted molar refractivity (Wildman–Crippen MR) is 72.6 cm³/mol. The molecule has 1 heterocycles. The maximum absolute atomic E-state index is 12.9. The van der Waals surface area contributed by atoms with Crippen LogP contribution in [0.3, 0.4) is 0 Å². The first-order chi connectivity index (χ1) is 9.13. The van der Waals surface area contributed by atoms with Crippen molar-refractivity contribution in [2.75, 3.05) is 0 Å². The second-order valence-corrected chi connectivity index (χ2v) is 4.48. The molecule has 2 aromatic carbocycles. The second kappa shape index (κ2) is 4.35. The third-order valence-electron chi connectivity index (χ3n) is 3.01. The Morgan fingerprint density at radius 1 is 1.00 bits per heavy atom. The number of hydrogen-bond donors (Lipinski definition) is 0. The van der Waals surface area contributed by atoms with Crippen LogP contribution in [0.1, 0.15) is 5.56 Å². The van der Waals surface area contributed by atoms with Crippen LogP contribution in [0, 0.1) is 12.7 Å². The molecule has 0 unspecified atom stereocenters. The SMILES string of the molecule is Cc1ccc2c(=O)cc(-c3ccc(F)cc3)oc2c1. The van der Waals surface area contributed by atoms with E-state index < -0.39 is 0 Å². The molecule has 0 aliphatic rings. The van der Waals surface area contributed by atoms with Gasteiger partial charge in [-0.15, -0.1) is 0 Å². The van der Waals surface area contributed by atoms with Crippen molar-refractivity contribution in [2.45, 2.75) is 6.92 Å². The van der Waals surface area contributed by atoms with Crippen LogP contribution >= 0.6 is 0 Å². The van der Waals surface area contributed by atoms with E-state index in [1.165, 1.54) is 18.2 Å². The van der Waals surface area contributed by atoms with Gasteiger partial charge in [0.25, 0.3) is 0 Å². The van der Waals surface area contributed by atoms with Crippen molar-refractivity contribution in [3.8, 4) is 11.3 Å². The standard InChI is InChI=1S/C16H11FO2/c1-10-2-7-13-14(18)9-15(19-16(13)8-10)11-3-5-12(17)6-4-11/h2-9H,1H3. The third kappa shape index (κ3) is 2.15. The highest BCUT2D eigenvalue weighted by atomic mass is 19.1. The number of fused-ring (bicyclic) bond motifs is 1. The molecule has 0 N–H and O–H groups in total. The fraction of sp³-hybridized carbons (Fsp3) is 0.0625. The molecule has 0 aliphatic heterocycles. The Bertz CT molecular complexity index is 801. The summed E-state index contributed by atoms with van der Waals surface area (Å²) >= 11 is 0. The van der Waals surface area contributed by atoms with Crippen molar-refractivity contribution in [1.82, 2.24) is 0 Å². The molecule has 3 aromatic rings. The van der Waals surface area contributed by atoms with Crippen molar-refractivity contribution in [3.63, 3.8) is 0 Å². The van der Waals surface area contributed by atoms with Crippen molar-refractivity contribution in [3.05, 3.63) is 70.1 Å². The van der Waals surface area contributed by atoms with Crippen LogP contribution in [0.2, 0.25) is 0 Å². The van der Waals surface area contributed by atoms with E-state index >= 15 is 0 Å². The zero-order chi connectivity index (χ0) is 13.4. The van der Waals surface area contributed by atoms with E-state index in [2.05, 4.69) is 0 Å². The number of aryl methyl sites for hydroxylation is 1. The average Bonchev–Trinajstić information content (AvgIpc) is 2.38. The largest absolute Gasteiger partial charge is 0.456 e. The molecule has 94 valence electrons. The minimum Gasteiger partial charge on any atom is -0.456 e. The van der Waals surface area contributed by atoms with Gasteiger partial charge >= 0.3 is 0 Å². The summed E-state index contributed by atoms with van der Waals surface area (Å²) in [4.78, 5) is 12.0. The van der Waals surface area contributed by atoms with Gasteiger partial charge in [0.1, 0.15) is 17.2 Å². The summed E-state index contributed by atoms with van der Waals surface area (Å²) in [5.41, 5.74) is 2.15. The van der Waals surface area contributed by atoms with E-state index in [4.69, 9.17) is 4.42 Å². The van der Waals surface area contributed by atoms with Gasteiger partial charge < -0.3 is 4.42 Å². The Balaban J connectivity index is 2.25. The highest BCUT2D eigenvalue weighted by molar-refractivity contribution is 5.79. The first-order valence-electron chi connectivity index (χ1n) is 5.94. The normalized spacial score (nSPS) is 10.8. The summed E-state index contributed by atoms with van der Waals surface area (Å²) in [6.07, 6.45) is 0. The van der Waals surface area contributed by atoms with Crippen LogP contribution in [-0.4, -0.2) is 0 Å². The molecule has 0 fully saturated rings. The van der Waals surface area contributed by atoms with Crippen molar-refractivity contribution in [1.29, 1.82) is 0 Å². The molecule has 19 heavy (non-hydrogen) atoms. The van der Waals surface area contributed by atoms with Crippen molar-refractivity contribution < 1.29 is 8.81 Å². The van der Waals surface area contributed by atoms with E-state index in [1.54, 1.807) is 18.2 Å². The van der Waals surface area contributed by atoms with Gasteiger partial charge in [0.15, 0.2) is 5.43 Å². The fourth-order valence-electron chi connectivity index (χ4n) is 2.02. The summed E-state index contributed by atoms with van der Waals surface area (Å²) < 4.78 is 18.6. The minimum absolute atomic E-state index is 0.0967.